The fourth-order valence-electron chi connectivity index (χ4n) is 3.76. The first kappa shape index (κ1) is 13.4. The molecular weight excluding hydrogens is 240 g/mol. The van der Waals surface area contributed by atoms with Gasteiger partial charge in [0.05, 0.1) is 0 Å². The van der Waals surface area contributed by atoms with E-state index in [2.05, 4.69) is 67.7 Å². The molecule has 0 aromatic rings. The molecule has 0 nitrogen and oxygen atoms in total. The van der Waals surface area contributed by atoms with Gasteiger partial charge < -0.3 is 0 Å². The third-order valence-corrected chi connectivity index (χ3v) is 4.81. The molecule has 3 unspecified atom stereocenters. The summed E-state index contributed by atoms with van der Waals surface area (Å²) in [6.45, 7) is 2.34. The average molecular weight is 264 g/mol. The summed E-state index contributed by atoms with van der Waals surface area (Å²) in [5.41, 5.74) is 3.15. The highest BCUT2D eigenvalue weighted by Crippen LogP contribution is 2.41. The maximum atomic E-state index is 2.44. The van der Waals surface area contributed by atoms with Gasteiger partial charge in [-0.25, -0.2) is 0 Å². The number of allylic oxidation sites excluding steroid dienone is 12. The van der Waals surface area contributed by atoms with Gasteiger partial charge in [0, 0.05) is 0 Å². The Labute approximate surface area is 123 Å². The quantitative estimate of drug-likeness (QED) is 0.628. The van der Waals surface area contributed by atoms with Crippen LogP contribution in [0.25, 0.3) is 0 Å². The lowest BCUT2D eigenvalue weighted by atomic mass is 9.69. The number of hydrogen-bond donors (Lipinski definition) is 0. The Kier molecular flexibility index (Phi) is 4.20. The molecule has 0 heteroatoms. The minimum Gasteiger partial charge on any atom is -0.0842 e. The molecule has 3 atom stereocenters. The van der Waals surface area contributed by atoms with Gasteiger partial charge in [0.25, 0.3) is 0 Å². The molecule has 0 saturated heterocycles. The van der Waals surface area contributed by atoms with Crippen LogP contribution in [0.3, 0.4) is 0 Å². The van der Waals surface area contributed by atoms with Crippen molar-refractivity contribution in [2.45, 2.75) is 32.6 Å². The van der Waals surface area contributed by atoms with E-state index >= 15 is 0 Å². The van der Waals surface area contributed by atoms with Crippen LogP contribution in [-0.2, 0) is 0 Å². The summed E-state index contributed by atoms with van der Waals surface area (Å²) < 4.78 is 0. The second-order valence-electron chi connectivity index (χ2n) is 5.97. The summed E-state index contributed by atoms with van der Waals surface area (Å²) in [7, 11) is 0. The van der Waals surface area contributed by atoms with Crippen molar-refractivity contribution in [1.82, 2.24) is 0 Å². The molecule has 0 aromatic heterocycles. The van der Waals surface area contributed by atoms with Crippen LogP contribution >= 0.6 is 0 Å². The highest BCUT2D eigenvalue weighted by molar-refractivity contribution is 5.43. The van der Waals surface area contributed by atoms with Gasteiger partial charge in [0.2, 0.25) is 0 Å². The van der Waals surface area contributed by atoms with Gasteiger partial charge in [0.15, 0.2) is 0 Å². The van der Waals surface area contributed by atoms with Crippen LogP contribution in [0.4, 0.5) is 0 Å². The lowest BCUT2D eigenvalue weighted by molar-refractivity contribution is 0.347. The molecule has 3 aliphatic carbocycles. The molecule has 0 radical (unpaired) electrons. The molecule has 3 rings (SSSR count). The van der Waals surface area contributed by atoms with Gasteiger partial charge in [-0.1, -0.05) is 67.7 Å². The van der Waals surface area contributed by atoms with Crippen LogP contribution in [0, 0.1) is 17.8 Å². The Bertz CT molecular complexity index is 522. The van der Waals surface area contributed by atoms with E-state index < -0.39 is 0 Å². The van der Waals surface area contributed by atoms with Crippen molar-refractivity contribution in [3.05, 3.63) is 71.9 Å². The van der Waals surface area contributed by atoms with Crippen LogP contribution in [-0.4, -0.2) is 0 Å². The molecule has 104 valence electrons. The average Bonchev–Trinajstić information content (AvgIpc) is 2.55. The molecule has 3 aliphatic rings. The molecule has 0 heterocycles. The zero-order chi connectivity index (χ0) is 13.8. The minimum absolute atomic E-state index is 0.660. The molecule has 20 heavy (non-hydrogen) atoms. The Morgan fingerprint density at radius 1 is 1.00 bits per heavy atom. The summed E-state index contributed by atoms with van der Waals surface area (Å²) >= 11 is 0. The fourth-order valence-corrected chi connectivity index (χ4v) is 3.76. The van der Waals surface area contributed by atoms with E-state index in [1.165, 1.54) is 25.7 Å². The molecule has 0 aliphatic heterocycles. The van der Waals surface area contributed by atoms with E-state index in [1.54, 1.807) is 11.1 Å². The summed E-state index contributed by atoms with van der Waals surface area (Å²) in [6, 6.07) is 0. The third-order valence-electron chi connectivity index (χ3n) is 4.81. The van der Waals surface area contributed by atoms with E-state index in [4.69, 9.17) is 0 Å². The van der Waals surface area contributed by atoms with Crippen LogP contribution in [0.15, 0.2) is 71.9 Å². The van der Waals surface area contributed by atoms with Crippen LogP contribution in [0.5, 0.6) is 0 Å². The third kappa shape index (κ3) is 2.65. The minimum atomic E-state index is 0.660. The summed E-state index contributed by atoms with van der Waals surface area (Å²) in [4.78, 5) is 0. The van der Waals surface area contributed by atoms with Gasteiger partial charge in [-0.2, -0.15) is 0 Å². The van der Waals surface area contributed by atoms with Crippen LogP contribution in [0.2, 0.25) is 0 Å². The van der Waals surface area contributed by atoms with Crippen molar-refractivity contribution in [1.29, 1.82) is 0 Å². The molecule has 0 amide bonds. The largest absolute Gasteiger partial charge is 0.0842 e. The van der Waals surface area contributed by atoms with Crippen molar-refractivity contribution >= 4 is 0 Å². The van der Waals surface area contributed by atoms with Gasteiger partial charge in [-0.05, 0) is 54.6 Å². The molecule has 0 N–H and O–H groups in total. The van der Waals surface area contributed by atoms with E-state index in [1.807, 2.05) is 0 Å². The zero-order valence-corrected chi connectivity index (χ0v) is 12.3. The Morgan fingerprint density at radius 3 is 2.65 bits per heavy atom. The molecule has 0 bridgehead atoms. The predicted molar refractivity (Wildman–Crippen MR) is 87.3 cm³/mol. The summed E-state index contributed by atoms with van der Waals surface area (Å²) in [5, 5.41) is 0. The first-order valence-corrected chi connectivity index (χ1v) is 7.98. The lowest BCUT2D eigenvalue weighted by Gasteiger charge is -2.35. The highest BCUT2D eigenvalue weighted by Gasteiger charge is 2.30. The predicted octanol–water partition coefficient (Wildman–Crippen LogP) is 5.53. The maximum Gasteiger partial charge on any atom is -0.00930 e. The van der Waals surface area contributed by atoms with Crippen molar-refractivity contribution in [2.75, 3.05) is 0 Å². The van der Waals surface area contributed by atoms with Gasteiger partial charge in [0.1, 0.15) is 0 Å². The maximum absolute atomic E-state index is 2.44. The second kappa shape index (κ2) is 6.26. The first-order valence-electron chi connectivity index (χ1n) is 7.98. The first-order chi connectivity index (χ1) is 9.90. The molecule has 0 aromatic carbocycles. The monoisotopic (exact) mass is 264 g/mol. The normalized spacial score (nSPS) is 32.1. The second-order valence-corrected chi connectivity index (χ2v) is 5.97. The SMILES string of the molecule is CCC1C(C2=CC=CCC2)=CC=CC1C1C=CC=CC1. The zero-order valence-electron chi connectivity index (χ0n) is 12.3. The van der Waals surface area contributed by atoms with Gasteiger partial charge >= 0.3 is 0 Å². The fraction of sp³-hybridized carbons (Fsp3) is 0.400. The topological polar surface area (TPSA) is 0 Å². The smallest absolute Gasteiger partial charge is 0.00930 e. The van der Waals surface area contributed by atoms with Crippen molar-refractivity contribution < 1.29 is 0 Å². The summed E-state index contributed by atoms with van der Waals surface area (Å²) in [5.74, 6) is 2.01. The lowest BCUT2D eigenvalue weighted by Crippen LogP contribution is -2.25. The Morgan fingerprint density at radius 2 is 1.95 bits per heavy atom. The molecular formula is C20H24. The molecule has 0 spiro atoms. The Balaban J connectivity index is 1.85. The number of rotatable bonds is 3. The van der Waals surface area contributed by atoms with E-state index in [9.17, 15) is 0 Å². The standard InChI is InChI=1S/C20H24/c1-2-18-19(16-10-5-3-6-11-16)14-9-15-20(18)17-12-7-4-8-13-17/h3-7,9-10,12,14-16,18-19H,2,8,11,13H2,1H3. The van der Waals surface area contributed by atoms with Gasteiger partial charge in [-0.15, -0.1) is 0 Å². The molecule has 0 saturated carbocycles. The summed E-state index contributed by atoms with van der Waals surface area (Å²) in [6.07, 6.45) is 27.8. The van der Waals surface area contributed by atoms with Crippen LogP contribution in [0.1, 0.15) is 32.6 Å². The van der Waals surface area contributed by atoms with Crippen molar-refractivity contribution in [3.8, 4) is 0 Å². The van der Waals surface area contributed by atoms with E-state index in [-0.39, 0.29) is 0 Å². The van der Waals surface area contributed by atoms with Crippen molar-refractivity contribution in [3.63, 3.8) is 0 Å². The highest BCUT2D eigenvalue weighted by atomic mass is 14.3. The van der Waals surface area contributed by atoms with Crippen molar-refractivity contribution in [2.24, 2.45) is 17.8 Å². The number of hydrogen-bond acceptors (Lipinski definition) is 0. The molecule has 0 fully saturated rings. The van der Waals surface area contributed by atoms with Gasteiger partial charge in [-0.3, -0.25) is 0 Å². The van der Waals surface area contributed by atoms with Crippen LogP contribution < -0.4 is 0 Å². The van der Waals surface area contributed by atoms with E-state index in [0.29, 0.717) is 17.8 Å². The van der Waals surface area contributed by atoms with E-state index in [0.717, 1.165) is 0 Å². The Hall–Kier alpha value is -1.56.